The number of carbonyl (C=O) groups excluding carboxylic acids is 2. The first kappa shape index (κ1) is 26.1. The van der Waals surface area contributed by atoms with Crippen LogP contribution in [-0.2, 0) is 10.0 Å². The molecule has 0 heterocycles. The number of carbonyl (C=O) groups is 2. The van der Waals surface area contributed by atoms with Gasteiger partial charge >= 0.3 is 0 Å². The predicted octanol–water partition coefficient (Wildman–Crippen LogP) is 4.67. The normalized spacial score (nSPS) is 10.8. The van der Waals surface area contributed by atoms with Crippen molar-refractivity contribution < 1.29 is 22.9 Å². The molecule has 9 nitrogen and oxygen atoms in total. The van der Waals surface area contributed by atoms with Crippen LogP contribution < -0.4 is 0 Å². The molecule has 3 rings (SSSR count). The first-order chi connectivity index (χ1) is 16.0. The molecule has 0 bridgehead atoms. The van der Waals surface area contributed by atoms with Gasteiger partial charge in [-0.1, -0.05) is 30.3 Å². The first-order valence-corrected chi connectivity index (χ1v) is 11.4. The average molecular weight is 482 g/mol. The fraction of sp³-hybridized carbons (Fsp3) is 0.125. The maximum Gasteiger partial charge on any atom is 0.269 e. The van der Waals surface area contributed by atoms with E-state index in [0.717, 1.165) is 28.3 Å². The molecule has 0 N–H and O–H groups in total. The van der Waals surface area contributed by atoms with Crippen LogP contribution in [-0.4, -0.2) is 42.6 Å². The van der Waals surface area contributed by atoms with E-state index in [-0.39, 0.29) is 22.1 Å². The van der Waals surface area contributed by atoms with Crippen LogP contribution in [0.1, 0.15) is 34.6 Å². The number of ketones is 2. The van der Waals surface area contributed by atoms with E-state index in [4.69, 9.17) is 0 Å². The number of rotatable bonds is 7. The van der Waals surface area contributed by atoms with Gasteiger partial charge in [0.15, 0.2) is 11.6 Å². The maximum atomic E-state index is 12.4. The summed E-state index contributed by atoms with van der Waals surface area (Å²) in [4.78, 5) is 35.8. The SMILES string of the molecule is CC(=O)c1ccc(N=CN(C)S(=O)(=O)c2ccc([N+](=O)[O-])cc2)cc1.CC(=O)c1ccccc1. The zero-order chi connectivity index (χ0) is 25.3. The summed E-state index contributed by atoms with van der Waals surface area (Å²) in [6.07, 6.45) is 1.12. The number of benzene rings is 3. The fourth-order valence-corrected chi connectivity index (χ4v) is 3.56. The first-order valence-electron chi connectivity index (χ1n) is 9.96. The molecule has 0 radical (unpaired) electrons. The number of aliphatic imine (C=N–C) groups is 1. The molecule has 0 unspecified atom stereocenters. The second-order valence-electron chi connectivity index (χ2n) is 7.04. The molecule has 176 valence electrons. The summed E-state index contributed by atoms with van der Waals surface area (Å²) in [5.74, 6) is 0.0454. The highest BCUT2D eigenvalue weighted by Crippen LogP contribution is 2.19. The van der Waals surface area contributed by atoms with Gasteiger partial charge in [0, 0.05) is 30.3 Å². The monoisotopic (exact) mass is 481 g/mol. The molecule has 0 amide bonds. The van der Waals surface area contributed by atoms with Crippen LogP contribution in [0.3, 0.4) is 0 Å². The van der Waals surface area contributed by atoms with Gasteiger partial charge < -0.3 is 0 Å². The summed E-state index contributed by atoms with van der Waals surface area (Å²) >= 11 is 0. The lowest BCUT2D eigenvalue weighted by atomic mass is 10.1. The molecule has 0 saturated carbocycles. The molecule has 10 heteroatoms. The van der Waals surface area contributed by atoms with Gasteiger partial charge in [0.25, 0.3) is 15.7 Å². The van der Waals surface area contributed by atoms with Crippen LogP contribution in [0, 0.1) is 10.1 Å². The second-order valence-corrected chi connectivity index (χ2v) is 9.04. The summed E-state index contributed by atoms with van der Waals surface area (Å²) in [5.41, 5.74) is 1.60. The second kappa shape index (κ2) is 11.6. The maximum absolute atomic E-state index is 12.4. The summed E-state index contributed by atoms with van der Waals surface area (Å²) < 4.78 is 25.7. The Balaban J connectivity index is 0.000000379. The third-order valence-electron chi connectivity index (χ3n) is 4.55. The van der Waals surface area contributed by atoms with Crippen LogP contribution >= 0.6 is 0 Å². The summed E-state index contributed by atoms with van der Waals surface area (Å²) in [6, 6.07) is 20.2. The molecule has 0 aliphatic carbocycles. The minimum Gasteiger partial charge on any atom is -0.295 e. The van der Waals surface area contributed by atoms with Crippen molar-refractivity contribution in [2.75, 3.05) is 7.05 Å². The van der Waals surface area contributed by atoms with Crippen molar-refractivity contribution in [1.29, 1.82) is 0 Å². The van der Waals surface area contributed by atoms with Crippen molar-refractivity contribution in [3.63, 3.8) is 0 Å². The van der Waals surface area contributed by atoms with Gasteiger partial charge in [0.2, 0.25) is 0 Å². The minimum absolute atomic E-state index is 0.0756. The van der Waals surface area contributed by atoms with E-state index in [1.54, 1.807) is 31.2 Å². The molecule has 0 spiro atoms. The van der Waals surface area contributed by atoms with E-state index in [2.05, 4.69) is 4.99 Å². The molecule has 0 aliphatic rings. The van der Waals surface area contributed by atoms with Gasteiger partial charge in [-0.2, -0.15) is 0 Å². The standard InChI is InChI=1S/C16H15N3O5S.C8H8O/c1-12(20)13-3-5-14(6-4-13)17-11-18(2)25(23,24)16-9-7-15(8-10-16)19(21)22;1-7(9)8-5-3-2-4-6-8/h3-11H,1-2H3;2-6H,1H3. The summed E-state index contributed by atoms with van der Waals surface area (Å²) in [6.45, 7) is 3.01. The van der Waals surface area contributed by atoms with E-state index in [9.17, 15) is 28.1 Å². The molecule has 3 aromatic rings. The summed E-state index contributed by atoms with van der Waals surface area (Å²) in [7, 11) is -2.56. The van der Waals surface area contributed by atoms with Gasteiger partial charge in [0.05, 0.1) is 15.5 Å². The molecular formula is C24H23N3O6S. The van der Waals surface area contributed by atoms with Crippen molar-refractivity contribution in [2.45, 2.75) is 18.7 Å². The molecular weight excluding hydrogens is 458 g/mol. The minimum atomic E-state index is -3.87. The molecule has 0 aliphatic heterocycles. The van der Waals surface area contributed by atoms with Gasteiger partial charge in [0.1, 0.15) is 6.34 Å². The third kappa shape index (κ3) is 7.17. The largest absolute Gasteiger partial charge is 0.295 e. The zero-order valence-electron chi connectivity index (χ0n) is 18.8. The highest BCUT2D eigenvalue weighted by atomic mass is 32.2. The fourth-order valence-electron chi connectivity index (χ4n) is 2.57. The van der Waals surface area contributed by atoms with Crippen LogP contribution in [0.15, 0.2) is 88.8 Å². The van der Waals surface area contributed by atoms with Crippen LogP contribution in [0.25, 0.3) is 0 Å². The van der Waals surface area contributed by atoms with Crippen molar-refractivity contribution >= 4 is 39.3 Å². The quantitative estimate of drug-likeness (QED) is 0.159. The van der Waals surface area contributed by atoms with Crippen LogP contribution in [0.2, 0.25) is 0 Å². The number of hydrogen-bond donors (Lipinski definition) is 0. The Hall–Kier alpha value is -4.18. The summed E-state index contributed by atoms with van der Waals surface area (Å²) in [5, 5.41) is 10.6. The Morgan fingerprint density at radius 3 is 1.79 bits per heavy atom. The Morgan fingerprint density at radius 1 is 0.853 bits per heavy atom. The van der Waals surface area contributed by atoms with Gasteiger partial charge in [-0.05, 0) is 50.2 Å². The predicted molar refractivity (Wildman–Crippen MR) is 129 cm³/mol. The van der Waals surface area contributed by atoms with E-state index in [0.29, 0.717) is 11.3 Å². The zero-order valence-corrected chi connectivity index (χ0v) is 19.6. The molecule has 0 fully saturated rings. The van der Waals surface area contributed by atoms with E-state index >= 15 is 0 Å². The number of non-ortho nitro benzene ring substituents is 1. The van der Waals surface area contributed by atoms with Gasteiger partial charge in [-0.25, -0.2) is 13.4 Å². The number of nitro benzene ring substituents is 1. The van der Waals surface area contributed by atoms with Crippen molar-refractivity contribution in [2.24, 2.45) is 4.99 Å². The number of nitrogens with zero attached hydrogens (tertiary/aromatic N) is 3. The Bertz CT molecular complexity index is 1290. The van der Waals surface area contributed by atoms with Gasteiger partial charge in [-0.3, -0.25) is 24.0 Å². The molecule has 0 atom stereocenters. The topological polar surface area (TPSA) is 127 Å². The van der Waals surface area contributed by atoms with Gasteiger partial charge in [-0.15, -0.1) is 0 Å². The van der Waals surface area contributed by atoms with Crippen LogP contribution in [0.5, 0.6) is 0 Å². The van der Waals surface area contributed by atoms with E-state index in [1.807, 2.05) is 30.3 Å². The lowest BCUT2D eigenvalue weighted by Gasteiger charge is -2.13. The number of nitro groups is 1. The van der Waals surface area contributed by atoms with Crippen molar-refractivity contribution in [3.05, 3.63) is 100 Å². The van der Waals surface area contributed by atoms with E-state index < -0.39 is 14.9 Å². The van der Waals surface area contributed by atoms with Crippen molar-refractivity contribution in [3.8, 4) is 0 Å². The van der Waals surface area contributed by atoms with E-state index in [1.165, 1.54) is 26.1 Å². The van der Waals surface area contributed by atoms with Crippen molar-refractivity contribution in [1.82, 2.24) is 4.31 Å². The Labute approximate surface area is 197 Å². The molecule has 34 heavy (non-hydrogen) atoms. The smallest absolute Gasteiger partial charge is 0.269 e. The number of Topliss-reactive ketones (excluding diaryl/α,β-unsaturated/α-hetero) is 2. The third-order valence-corrected chi connectivity index (χ3v) is 6.27. The molecule has 0 aromatic heterocycles. The van der Waals surface area contributed by atoms with Crippen LogP contribution in [0.4, 0.5) is 11.4 Å². The number of sulfonamides is 1. The molecule has 0 saturated heterocycles. The molecule has 3 aromatic carbocycles. The Morgan fingerprint density at radius 2 is 1.35 bits per heavy atom. The highest BCUT2D eigenvalue weighted by molar-refractivity contribution is 7.89. The Kier molecular flexibility index (Phi) is 8.91. The average Bonchev–Trinajstić information content (AvgIpc) is 2.83. The number of hydrogen-bond acceptors (Lipinski definition) is 7. The lowest BCUT2D eigenvalue weighted by Crippen LogP contribution is -2.25. The highest BCUT2D eigenvalue weighted by Gasteiger charge is 2.19. The lowest BCUT2D eigenvalue weighted by molar-refractivity contribution is -0.384.